The molecule has 76 valence electrons. The van der Waals surface area contributed by atoms with Crippen LogP contribution in [0.4, 0.5) is 14.6 Å². The summed E-state index contributed by atoms with van der Waals surface area (Å²) in [5.74, 6) is -0.334. The van der Waals surface area contributed by atoms with E-state index >= 15 is 0 Å². The first-order valence-corrected chi connectivity index (χ1v) is 3.82. The number of anilines is 1. The van der Waals surface area contributed by atoms with Crippen molar-refractivity contribution in [1.29, 1.82) is 0 Å². The zero-order valence-corrected chi connectivity index (χ0v) is 7.21. The molecule has 0 bridgehead atoms. The summed E-state index contributed by atoms with van der Waals surface area (Å²) in [5.41, 5.74) is 10.1. The van der Waals surface area contributed by atoms with E-state index < -0.39 is 12.0 Å². The van der Waals surface area contributed by atoms with Crippen molar-refractivity contribution < 1.29 is 13.6 Å². The van der Waals surface area contributed by atoms with Gasteiger partial charge in [0.25, 0.3) is 6.43 Å². The largest absolute Gasteiger partial charge is 0.383 e. The molecule has 1 aromatic heterocycles. The van der Waals surface area contributed by atoms with Crippen LogP contribution in [0.15, 0.2) is 6.20 Å². The normalized spacial score (nSPS) is 10.6. The maximum absolute atomic E-state index is 12.5. The lowest BCUT2D eigenvalue weighted by Gasteiger charge is -2.09. The number of nitrogens with zero attached hydrogens (tertiary/aromatic N) is 1. The van der Waals surface area contributed by atoms with Gasteiger partial charge in [0.15, 0.2) is 6.29 Å². The van der Waals surface area contributed by atoms with Gasteiger partial charge in [0, 0.05) is 18.3 Å². The number of pyridine rings is 1. The molecular weight excluding hydrogens is 192 g/mol. The van der Waals surface area contributed by atoms with E-state index in [1.165, 1.54) is 6.20 Å². The van der Waals surface area contributed by atoms with Crippen LogP contribution in [-0.4, -0.2) is 11.3 Å². The summed E-state index contributed by atoms with van der Waals surface area (Å²) in [6, 6.07) is 0. The van der Waals surface area contributed by atoms with Gasteiger partial charge >= 0.3 is 0 Å². The van der Waals surface area contributed by atoms with Gasteiger partial charge in [-0.3, -0.25) is 4.79 Å². The van der Waals surface area contributed by atoms with Crippen molar-refractivity contribution in [3.8, 4) is 0 Å². The number of carbonyl (C=O) groups excluding carboxylic acids is 1. The standard InChI is InChI=1S/C8H9F2N3O/c9-7(10)6-5(3-14)4(1-11)2-13-8(6)12/h2-3,7H,1,11H2,(H2,12,13). The maximum atomic E-state index is 12.5. The highest BCUT2D eigenvalue weighted by atomic mass is 19.3. The SMILES string of the molecule is NCc1cnc(N)c(C(F)F)c1C=O. The third kappa shape index (κ3) is 1.69. The van der Waals surface area contributed by atoms with Crippen LogP contribution < -0.4 is 11.5 Å². The van der Waals surface area contributed by atoms with Crippen molar-refractivity contribution in [2.45, 2.75) is 13.0 Å². The summed E-state index contributed by atoms with van der Waals surface area (Å²) in [6.07, 6.45) is -1.28. The summed E-state index contributed by atoms with van der Waals surface area (Å²) >= 11 is 0. The van der Waals surface area contributed by atoms with Gasteiger partial charge in [0.2, 0.25) is 0 Å². The molecule has 1 rings (SSSR count). The smallest absolute Gasteiger partial charge is 0.268 e. The first-order valence-electron chi connectivity index (χ1n) is 3.82. The Morgan fingerprint density at radius 1 is 1.57 bits per heavy atom. The van der Waals surface area contributed by atoms with Gasteiger partial charge in [-0.05, 0) is 5.56 Å². The van der Waals surface area contributed by atoms with Crippen LogP contribution in [0, 0.1) is 0 Å². The van der Waals surface area contributed by atoms with Gasteiger partial charge in [-0.1, -0.05) is 0 Å². The van der Waals surface area contributed by atoms with Gasteiger partial charge < -0.3 is 11.5 Å². The van der Waals surface area contributed by atoms with Gasteiger partial charge in [-0.15, -0.1) is 0 Å². The average molecular weight is 201 g/mol. The number of halogens is 2. The minimum absolute atomic E-state index is 0.0267. The third-order valence-corrected chi connectivity index (χ3v) is 1.83. The molecule has 0 aliphatic heterocycles. The molecule has 1 aromatic rings. The quantitative estimate of drug-likeness (QED) is 0.711. The highest BCUT2D eigenvalue weighted by Gasteiger charge is 2.19. The number of aldehydes is 1. The van der Waals surface area contributed by atoms with Crippen LogP contribution in [0.3, 0.4) is 0 Å². The second kappa shape index (κ2) is 4.10. The van der Waals surface area contributed by atoms with Gasteiger partial charge in [0.05, 0.1) is 5.56 Å². The van der Waals surface area contributed by atoms with Crippen LogP contribution in [-0.2, 0) is 6.54 Å². The number of carbonyl (C=O) groups is 1. The Kier molecular flexibility index (Phi) is 3.08. The zero-order chi connectivity index (χ0) is 10.7. The first-order chi connectivity index (χ1) is 6.61. The molecule has 4 N–H and O–H groups in total. The fourth-order valence-electron chi connectivity index (χ4n) is 1.13. The van der Waals surface area contributed by atoms with E-state index in [-0.39, 0.29) is 23.5 Å². The topological polar surface area (TPSA) is 82.0 Å². The third-order valence-electron chi connectivity index (χ3n) is 1.83. The molecule has 0 fully saturated rings. The Bertz CT molecular complexity index is 355. The lowest BCUT2D eigenvalue weighted by atomic mass is 10.1. The molecule has 0 atom stereocenters. The molecule has 1 heterocycles. The minimum atomic E-state index is -2.82. The second-order valence-electron chi connectivity index (χ2n) is 2.62. The molecule has 0 unspecified atom stereocenters. The summed E-state index contributed by atoms with van der Waals surface area (Å²) < 4.78 is 24.9. The monoisotopic (exact) mass is 201 g/mol. The number of nitrogen functional groups attached to an aromatic ring is 1. The zero-order valence-electron chi connectivity index (χ0n) is 7.21. The van der Waals surface area contributed by atoms with E-state index in [4.69, 9.17) is 11.5 Å². The Hall–Kier alpha value is -1.56. The van der Waals surface area contributed by atoms with Crippen LogP contribution >= 0.6 is 0 Å². The molecule has 0 aliphatic rings. The van der Waals surface area contributed by atoms with E-state index in [1.54, 1.807) is 0 Å². The Morgan fingerprint density at radius 3 is 2.64 bits per heavy atom. The number of alkyl halides is 2. The van der Waals surface area contributed by atoms with Crippen molar-refractivity contribution in [1.82, 2.24) is 4.98 Å². The predicted octanol–water partition coefficient (Wildman–Crippen LogP) is 0.873. The molecule has 4 nitrogen and oxygen atoms in total. The number of nitrogens with two attached hydrogens (primary N) is 2. The lowest BCUT2D eigenvalue weighted by molar-refractivity contribution is 0.110. The van der Waals surface area contributed by atoms with Crippen LogP contribution in [0.1, 0.15) is 27.9 Å². The fraction of sp³-hybridized carbons (Fsp3) is 0.250. The molecule has 0 amide bonds. The summed E-state index contributed by atoms with van der Waals surface area (Å²) in [7, 11) is 0. The number of hydrogen-bond acceptors (Lipinski definition) is 4. The van der Waals surface area contributed by atoms with E-state index in [9.17, 15) is 13.6 Å². The molecule has 0 radical (unpaired) electrons. The van der Waals surface area contributed by atoms with E-state index in [1.807, 2.05) is 0 Å². The van der Waals surface area contributed by atoms with Crippen molar-refractivity contribution >= 4 is 12.1 Å². The van der Waals surface area contributed by atoms with Crippen LogP contribution in [0.25, 0.3) is 0 Å². The molecule has 14 heavy (non-hydrogen) atoms. The molecule has 0 spiro atoms. The van der Waals surface area contributed by atoms with Crippen LogP contribution in [0.2, 0.25) is 0 Å². The molecule has 0 aliphatic carbocycles. The number of aromatic nitrogens is 1. The average Bonchev–Trinajstić information content (AvgIpc) is 2.16. The van der Waals surface area contributed by atoms with E-state index in [0.717, 1.165) is 0 Å². The molecular formula is C8H9F2N3O. The summed E-state index contributed by atoms with van der Waals surface area (Å²) in [5, 5.41) is 0. The number of hydrogen-bond donors (Lipinski definition) is 2. The first kappa shape index (κ1) is 10.5. The minimum Gasteiger partial charge on any atom is -0.383 e. The molecule has 6 heteroatoms. The molecule has 0 saturated heterocycles. The fourth-order valence-corrected chi connectivity index (χ4v) is 1.13. The van der Waals surface area contributed by atoms with Crippen LogP contribution in [0.5, 0.6) is 0 Å². The van der Waals surface area contributed by atoms with Crippen molar-refractivity contribution in [3.63, 3.8) is 0 Å². The maximum Gasteiger partial charge on any atom is 0.268 e. The molecule has 0 saturated carbocycles. The Labute approximate surface area is 78.9 Å². The Balaban J connectivity index is 3.42. The van der Waals surface area contributed by atoms with Gasteiger partial charge in [-0.25, -0.2) is 13.8 Å². The highest BCUT2D eigenvalue weighted by molar-refractivity contribution is 5.81. The van der Waals surface area contributed by atoms with E-state index in [2.05, 4.69) is 4.98 Å². The van der Waals surface area contributed by atoms with Crippen molar-refractivity contribution in [3.05, 3.63) is 22.9 Å². The summed E-state index contributed by atoms with van der Waals surface area (Å²) in [6.45, 7) is -0.0267. The lowest BCUT2D eigenvalue weighted by Crippen LogP contribution is -2.09. The Morgan fingerprint density at radius 2 is 2.21 bits per heavy atom. The van der Waals surface area contributed by atoms with Crippen molar-refractivity contribution in [2.24, 2.45) is 5.73 Å². The highest BCUT2D eigenvalue weighted by Crippen LogP contribution is 2.28. The second-order valence-corrected chi connectivity index (χ2v) is 2.62. The van der Waals surface area contributed by atoms with Crippen molar-refractivity contribution in [2.75, 3.05) is 5.73 Å². The number of rotatable bonds is 3. The summed E-state index contributed by atoms with van der Waals surface area (Å²) in [4.78, 5) is 14.1. The van der Waals surface area contributed by atoms with E-state index in [0.29, 0.717) is 6.29 Å². The van der Waals surface area contributed by atoms with Gasteiger partial charge in [0.1, 0.15) is 5.82 Å². The van der Waals surface area contributed by atoms with Gasteiger partial charge in [-0.2, -0.15) is 0 Å². The molecule has 0 aromatic carbocycles. The predicted molar refractivity (Wildman–Crippen MR) is 46.9 cm³/mol.